The van der Waals surface area contributed by atoms with Gasteiger partial charge in [0.15, 0.2) is 0 Å². The molecule has 4 heterocycles. The fourth-order valence-electron chi connectivity index (χ4n) is 3.23. The zero-order valence-corrected chi connectivity index (χ0v) is 16.7. The highest BCUT2D eigenvalue weighted by Gasteiger charge is 2.18. The Morgan fingerprint density at radius 1 is 1.03 bits per heavy atom. The number of nitrogens with zero attached hydrogens (tertiary/aromatic N) is 7. The largest absolute Gasteiger partial charge is 0.334 e. The van der Waals surface area contributed by atoms with Crippen molar-refractivity contribution in [3.05, 3.63) is 78.4 Å². The van der Waals surface area contributed by atoms with Crippen molar-refractivity contribution < 1.29 is 4.79 Å². The summed E-state index contributed by atoms with van der Waals surface area (Å²) in [5, 5.41) is 0. The molecule has 4 rings (SSSR count). The maximum absolute atomic E-state index is 12.8. The van der Waals surface area contributed by atoms with E-state index in [-0.39, 0.29) is 5.91 Å². The third-order valence-corrected chi connectivity index (χ3v) is 4.58. The van der Waals surface area contributed by atoms with Gasteiger partial charge in [-0.25, -0.2) is 9.97 Å². The summed E-state index contributed by atoms with van der Waals surface area (Å²) < 4.78 is 3.79. The molecule has 4 aromatic heterocycles. The van der Waals surface area contributed by atoms with E-state index in [9.17, 15) is 4.79 Å². The van der Waals surface area contributed by atoms with Crippen LogP contribution in [-0.2, 0) is 13.1 Å². The highest BCUT2D eigenvalue weighted by molar-refractivity contribution is 5.91. The summed E-state index contributed by atoms with van der Waals surface area (Å²) in [4.78, 5) is 29.9. The molecule has 0 atom stereocenters. The van der Waals surface area contributed by atoms with Gasteiger partial charge in [0.2, 0.25) is 5.95 Å². The first kappa shape index (κ1) is 18.8. The molecule has 0 fully saturated rings. The van der Waals surface area contributed by atoms with E-state index in [0.717, 1.165) is 23.4 Å². The van der Waals surface area contributed by atoms with E-state index in [2.05, 4.69) is 14.9 Å². The molecule has 0 saturated heterocycles. The minimum absolute atomic E-state index is 0.163. The Bertz CT molecular complexity index is 1130. The Morgan fingerprint density at radius 2 is 1.86 bits per heavy atom. The molecule has 0 aliphatic carbocycles. The van der Waals surface area contributed by atoms with Crippen molar-refractivity contribution in [3.8, 4) is 5.95 Å². The van der Waals surface area contributed by atoms with Crippen molar-refractivity contribution in [3.63, 3.8) is 0 Å². The zero-order chi connectivity index (χ0) is 20.4. The van der Waals surface area contributed by atoms with Crippen LogP contribution < -0.4 is 0 Å². The van der Waals surface area contributed by atoms with E-state index in [4.69, 9.17) is 4.98 Å². The molecule has 4 aromatic rings. The molecule has 0 aromatic carbocycles. The van der Waals surface area contributed by atoms with Crippen LogP contribution in [-0.4, -0.2) is 60.8 Å². The highest BCUT2D eigenvalue weighted by Crippen LogP contribution is 2.18. The maximum atomic E-state index is 12.8. The summed E-state index contributed by atoms with van der Waals surface area (Å²) in [6.07, 6.45) is 7.03. The van der Waals surface area contributed by atoms with Gasteiger partial charge in [0.05, 0.1) is 23.4 Å². The predicted octanol–water partition coefficient (Wildman–Crippen LogP) is 2.25. The average Bonchev–Trinajstić information content (AvgIpc) is 3.33. The van der Waals surface area contributed by atoms with Crippen LogP contribution in [0, 0.1) is 0 Å². The van der Waals surface area contributed by atoms with Gasteiger partial charge >= 0.3 is 0 Å². The molecule has 0 spiro atoms. The fraction of sp³-hybridized carbons (Fsp3) is 0.238. The molecule has 8 heteroatoms. The number of fused-ring (bicyclic) bond motifs is 1. The number of imidazole rings is 2. The Labute approximate surface area is 169 Å². The Balaban J connectivity index is 1.61. The van der Waals surface area contributed by atoms with Gasteiger partial charge in [-0.1, -0.05) is 12.1 Å². The van der Waals surface area contributed by atoms with Crippen molar-refractivity contribution in [2.24, 2.45) is 0 Å². The summed E-state index contributed by atoms with van der Waals surface area (Å²) in [6, 6.07) is 11.7. The van der Waals surface area contributed by atoms with Gasteiger partial charge in [-0.3, -0.25) is 18.7 Å². The Kier molecular flexibility index (Phi) is 5.09. The maximum Gasteiger partial charge on any atom is 0.274 e. The second-order valence-corrected chi connectivity index (χ2v) is 7.20. The van der Waals surface area contributed by atoms with Gasteiger partial charge in [-0.05, 0) is 38.4 Å². The predicted molar refractivity (Wildman–Crippen MR) is 110 cm³/mol. The molecular weight excluding hydrogens is 366 g/mol. The van der Waals surface area contributed by atoms with Gasteiger partial charge in [-0.15, -0.1) is 0 Å². The molecule has 148 valence electrons. The molecule has 0 bridgehead atoms. The molecule has 0 saturated carbocycles. The minimum atomic E-state index is -0.163. The first-order chi connectivity index (χ1) is 14.0. The quantitative estimate of drug-likeness (QED) is 0.506. The molecule has 0 N–H and O–H groups in total. The van der Waals surface area contributed by atoms with Crippen LogP contribution >= 0.6 is 0 Å². The summed E-state index contributed by atoms with van der Waals surface area (Å²) in [5.74, 6) is 0.542. The second kappa shape index (κ2) is 7.84. The summed E-state index contributed by atoms with van der Waals surface area (Å²) in [6.45, 7) is 1.15. The molecule has 1 amide bonds. The van der Waals surface area contributed by atoms with E-state index in [1.807, 2.05) is 61.1 Å². The fourth-order valence-corrected chi connectivity index (χ4v) is 3.23. The smallest absolute Gasteiger partial charge is 0.274 e. The van der Waals surface area contributed by atoms with Gasteiger partial charge in [0.25, 0.3) is 5.91 Å². The number of amides is 1. The lowest BCUT2D eigenvalue weighted by Crippen LogP contribution is -2.26. The van der Waals surface area contributed by atoms with E-state index < -0.39 is 0 Å². The molecule has 0 aliphatic rings. The van der Waals surface area contributed by atoms with Gasteiger partial charge in [-0.2, -0.15) is 0 Å². The average molecular weight is 389 g/mol. The number of hydrogen-bond donors (Lipinski definition) is 0. The van der Waals surface area contributed by atoms with Crippen LogP contribution in [0.3, 0.4) is 0 Å². The topological polar surface area (TPSA) is 71.6 Å². The normalized spacial score (nSPS) is 11.3. The summed E-state index contributed by atoms with van der Waals surface area (Å²) in [5.41, 5.74) is 3.20. The van der Waals surface area contributed by atoms with E-state index >= 15 is 0 Å². The number of carbonyl (C=O) groups is 1. The number of pyridine rings is 2. The van der Waals surface area contributed by atoms with E-state index in [1.165, 1.54) is 0 Å². The van der Waals surface area contributed by atoms with Crippen LogP contribution in [0.5, 0.6) is 0 Å². The van der Waals surface area contributed by atoms with Crippen molar-refractivity contribution in [2.45, 2.75) is 13.1 Å². The number of aromatic nitrogens is 5. The van der Waals surface area contributed by atoms with Crippen LogP contribution in [0.2, 0.25) is 0 Å². The van der Waals surface area contributed by atoms with Crippen molar-refractivity contribution in [2.75, 3.05) is 21.1 Å². The SMILES string of the molecule is CN(C)Cc1nc(-n2cnc(C(=O)N(C)Cc3ccccn3)c2)n2ccccc12. The van der Waals surface area contributed by atoms with Gasteiger partial charge in [0.1, 0.15) is 12.0 Å². The molecule has 29 heavy (non-hydrogen) atoms. The third kappa shape index (κ3) is 3.88. The van der Waals surface area contributed by atoms with Crippen molar-refractivity contribution in [1.29, 1.82) is 0 Å². The lowest BCUT2D eigenvalue weighted by atomic mass is 10.3. The lowest BCUT2D eigenvalue weighted by Gasteiger charge is -2.15. The summed E-state index contributed by atoms with van der Waals surface area (Å²) >= 11 is 0. The number of hydrogen-bond acceptors (Lipinski definition) is 5. The number of rotatable bonds is 6. The molecule has 0 radical (unpaired) electrons. The zero-order valence-electron chi connectivity index (χ0n) is 16.7. The monoisotopic (exact) mass is 389 g/mol. The molecular formula is C21H23N7O. The van der Waals surface area contributed by atoms with E-state index in [0.29, 0.717) is 18.2 Å². The van der Waals surface area contributed by atoms with Crippen LogP contribution in [0.1, 0.15) is 21.9 Å². The first-order valence-corrected chi connectivity index (χ1v) is 9.33. The van der Waals surface area contributed by atoms with Crippen LogP contribution in [0.4, 0.5) is 0 Å². The minimum Gasteiger partial charge on any atom is -0.334 e. The van der Waals surface area contributed by atoms with Gasteiger partial charge in [0, 0.05) is 32.2 Å². The summed E-state index contributed by atoms with van der Waals surface area (Å²) in [7, 11) is 5.77. The van der Waals surface area contributed by atoms with Crippen LogP contribution in [0.25, 0.3) is 11.5 Å². The molecule has 0 aliphatic heterocycles. The Hall–Kier alpha value is -3.52. The highest BCUT2D eigenvalue weighted by atomic mass is 16.2. The standard InChI is InChI=1S/C21H23N7O/c1-25(2)13-17-19-9-5-7-11-28(19)21(24-17)27-14-18(23-15-27)20(29)26(3)12-16-8-4-6-10-22-16/h4-11,14-15H,12-13H2,1-3H3. The van der Waals surface area contributed by atoms with Gasteiger partial charge < -0.3 is 9.80 Å². The third-order valence-electron chi connectivity index (χ3n) is 4.58. The molecule has 0 unspecified atom stereocenters. The number of carbonyl (C=O) groups excluding carboxylic acids is 1. The lowest BCUT2D eigenvalue weighted by molar-refractivity contribution is 0.0778. The molecule has 8 nitrogen and oxygen atoms in total. The first-order valence-electron chi connectivity index (χ1n) is 9.33. The van der Waals surface area contributed by atoms with Crippen LogP contribution in [0.15, 0.2) is 61.3 Å². The van der Waals surface area contributed by atoms with Crippen molar-refractivity contribution in [1.82, 2.24) is 33.7 Å². The second-order valence-electron chi connectivity index (χ2n) is 7.20. The van der Waals surface area contributed by atoms with E-state index in [1.54, 1.807) is 35.2 Å². The Morgan fingerprint density at radius 3 is 2.62 bits per heavy atom. The van der Waals surface area contributed by atoms with Crippen molar-refractivity contribution >= 4 is 11.4 Å².